The van der Waals surface area contributed by atoms with Gasteiger partial charge in [-0.05, 0) is 39.1 Å². The van der Waals surface area contributed by atoms with Crippen LogP contribution in [-0.4, -0.2) is 43.6 Å². The van der Waals surface area contributed by atoms with Crippen molar-refractivity contribution in [2.75, 3.05) is 27.7 Å². The van der Waals surface area contributed by atoms with Crippen molar-refractivity contribution in [3.05, 3.63) is 29.3 Å². The van der Waals surface area contributed by atoms with Gasteiger partial charge in [0.1, 0.15) is 5.75 Å². The number of rotatable bonds is 2. The molecule has 0 saturated heterocycles. The fraction of sp³-hybridized carbons (Fsp3) is 0.500. The molecule has 1 aliphatic rings. The lowest BCUT2D eigenvalue weighted by molar-refractivity contribution is 0.167. The number of carbonyl (C=O) groups excluding carboxylic acids is 1. The molecule has 1 aromatic rings. The molecule has 4 heteroatoms. The number of benzene rings is 1. The van der Waals surface area contributed by atoms with Crippen LogP contribution in [0.1, 0.15) is 24.1 Å². The standard InChI is InChI=1S/C14H20N2O2/c1-10(15(2)3)11-6-5-7-13-12(11)8-9-16(4)14(17)18-13/h5-7,10H,8-9H2,1-4H3. The minimum atomic E-state index is -0.275. The quantitative estimate of drug-likeness (QED) is 0.805. The Kier molecular flexibility index (Phi) is 3.57. The van der Waals surface area contributed by atoms with Crippen LogP contribution in [0.5, 0.6) is 5.75 Å². The summed E-state index contributed by atoms with van der Waals surface area (Å²) < 4.78 is 5.41. The van der Waals surface area contributed by atoms with Gasteiger partial charge in [-0.25, -0.2) is 4.79 Å². The van der Waals surface area contributed by atoms with Crippen LogP contribution in [-0.2, 0) is 6.42 Å². The first-order chi connectivity index (χ1) is 8.50. The van der Waals surface area contributed by atoms with E-state index in [2.05, 4.69) is 32.0 Å². The lowest BCUT2D eigenvalue weighted by Gasteiger charge is -2.23. The van der Waals surface area contributed by atoms with Gasteiger partial charge in [0.15, 0.2) is 0 Å². The zero-order valence-corrected chi connectivity index (χ0v) is 11.4. The van der Waals surface area contributed by atoms with Gasteiger partial charge in [0.05, 0.1) is 0 Å². The molecule has 1 aliphatic heterocycles. The number of carbonyl (C=O) groups is 1. The summed E-state index contributed by atoms with van der Waals surface area (Å²) in [7, 11) is 5.88. The third-order valence-electron chi connectivity index (χ3n) is 3.60. The molecule has 0 spiro atoms. The number of fused-ring (bicyclic) bond motifs is 1. The molecule has 1 atom stereocenters. The van der Waals surface area contributed by atoms with Crippen LogP contribution in [0.4, 0.5) is 4.79 Å². The molecule has 1 aromatic carbocycles. The summed E-state index contributed by atoms with van der Waals surface area (Å²) in [5.41, 5.74) is 2.39. The van der Waals surface area contributed by atoms with Crippen molar-refractivity contribution >= 4 is 6.09 Å². The van der Waals surface area contributed by atoms with Gasteiger partial charge < -0.3 is 14.5 Å². The van der Waals surface area contributed by atoms with E-state index in [9.17, 15) is 4.79 Å². The molecule has 2 rings (SSSR count). The number of ether oxygens (including phenoxy) is 1. The molecule has 1 unspecified atom stereocenters. The summed E-state index contributed by atoms with van der Waals surface area (Å²) in [5, 5.41) is 0. The van der Waals surface area contributed by atoms with Crippen LogP contribution in [0.25, 0.3) is 0 Å². The normalized spacial score (nSPS) is 17.2. The Hall–Kier alpha value is -1.55. The van der Waals surface area contributed by atoms with E-state index in [0.29, 0.717) is 18.3 Å². The predicted octanol–water partition coefficient (Wildman–Crippen LogP) is 2.30. The molecule has 0 bridgehead atoms. The first-order valence-corrected chi connectivity index (χ1v) is 6.22. The van der Waals surface area contributed by atoms with E-state index < -0.39 is 0 Å². The molecular weight excluding hydrogens is 228 g/mol. The number of nitrogens with zero attached hydrogens (tertiary/aromatic N) is 2. The van der Waals surface area contributed by atoms with E-state index in [-0.39, 0.29) is 6.09 Å². The highest BCUT2D eigenvalue weighted by Crippen LogP contribution is 2.31. The molecular formula is C14H20N2O2. The summed E-state index contributed by atoms with van der Waals surface area (Å²) in [6.07, 6.45) is 0.565. The molecule has 98 valence electrons. The van der Waals surface area contributed by atoms with Gasteiger partial charge in [0, 0.05) is 25.2 Å². The molecule has 1 heterocycles. The SMILES string of the molecule is CC(c1cccc2c1CCN(C)C(=O)O2)N(C)C. The van der Waals surface area contributed by atoms with Crippen molar-refractivity contribution in [1.29, 1.82) is 0 Å². The number of likely N-dealkylation sites (N-methyl/N-ethyl adjacent to an activating group) is 1. The number of amides is 1. The Labute approximate surface area is 108 Å². The third kappa shape index (κ3) is 2.34. The number of hydrogen-bond donors (Lipinski definition) is 0. The van der Waals surface area contributed by atoms with Crippen LogP contribution < -0.4 is 4.74 Å². The largest absolute Gasteiger partial charge is 0.414 e. The summed E-state index contributed by atoms with van der Waals surface area (Å²) in [4.78, 5) is 15.5. The first kappa shape index (κ1) is 12.9. The molecule has 0 fully saturated rings. The molecule has 0 saturated carbocycles. The van der Waals surface area contributed by atoms with Crippen molar-refractivity contribution in [1.82, 2.24) is 9.80 Å². The lowest BCUT2D eigenvalue weighted by Crippen LogP contribution is -2.29. The van der Waals surface area contributed by atoms with Crippen molar-refractivity contribution in [2.24, 2.45) is 0 Å². The maximum absolute atomic E-state index is 11.7. The Morgan fingerprint density at radius 2 is 2.11 bits per heavy atom. The minimum Gasteiger partial charge on any atom is -0.410 e. The molecule has 4 nitrogen and oxygen atoms in total. The van der Waals surface area contributed by atoms with Gasteiger partial charge in [-0.15, -0.1) is 0 Å². The fourth-order valence-electron chi connectivity index (χ4n) is 2.16. The Morgan fingerprint density at radius 1 is 1.39 bits per heavy atom. The monoisotopic (exact) mass is 248 g/mol. The summed E-state index contributed by atoms with van der Waals surface area (Å²) in [5.74, 6) is 0.704. The topological polar surface area (TPSA) is 32.8 Å². The average molecular weight is 248 g/mol. The van der Waals surface area contributed by atoms with E-state index in [0.717, 1.165) is 12.0 Å². The fourth-order valence-corrected chi connectivity index (χ4v) is 2.16. The summed E-state index contributed by atoms with van der Waals surface area (Å²) in [6, 6.07) is 6.25. The minimum absolute atomic E-state index is 0.275. The van der Waals surface area contributed by atoms with E-state index in [1.807, 2.05) is 12.1 Å². The molecule has 0 N–H and O–H groups in total. The van der Waals surface area contributed by atoms with Crippen molar-refractivity contribution in [3.63, 3.8) is 0 Å². The second kappa shape index (κ2) is 4.98. The smallest absolute Gasteiger partial charge is 0.410 e. The van der Waals surface area contributed by atoms with Crippen LogP contribution >= 0.6 is 0 Å². The van der Waals surface area contributed by atoms with Gasteiger partial charge in [0.2, 0.25) is 0 Å². The van der Waals surface area contributed by atoms with Crippen LogP contribution in [0.15, 0.2) is 18.2 Å². The van der Waals surface area contributed by atoms with Crippen LogP contribution in [0.3, 0.4) is 0 Å². The predicted molar refractivity (Wildman–Crippen MR) is 70.9 cm³/mol. The maximum Gasteiger partial charge on any atom is 0.414 e. The molecule has 0 aromatic heterocycles. The van der Waals surface area contributed by atoms with E-state index in [1.54, 1.807) is 11.9 Å². The zero-order valence-electron chi connectivity index (χ0n) is 11.4. The van der Waals surface area contributed by atoms with Gasteiger partial charge in [-0.2, -0.15) is 0 Å². The molecule has 18 heavy (non-hydrogen) atoms. The van der Waals surface area contributed by atoms with Crippen molar-refractivity contribution in [3.8, 4) is 5.75 Å². The molecule has 0 radical (unpaired) electrons. The summed E-state index contributed by atoms with van der Waals surface area (Å²) >= 11 is 0. The van der Waals surface area contributed by atoms with E-state index in [1.165, 1.54) is 5.56 Å². The van der Waals surface area contributed by atoms with Crippen LogP contribution in [0.2, 0.25) is 0 Å². The van der Waals surface area contributed by atoms with Gasteiger partial charge in [-0.1, -0.05) is 12.1 Å². The highest BCUT2D eigenvalue weighted by atomic mass is 16.6. The molecule has 0 aliphatic carbocycles. The average Bonchev–Trinajstić information content (AvgIpc) is 2.48. The van der Waals surface area contributed by atoms with Crippen molar-refractivity contribution in [2.45, 2.75) is 19.4 Å². The van der Waals surface area contributed by atoms with Gasteiger partial charge in [0.25, 0.3) is 0 Å². The van der Waals surface area contributed by atoms with Crippen LogP contribution in [0, 0.1) is 0 Å². The Balaban J connectivity index is 2.42. The number of hydrogen-bond acceptors (Lipinski definition) is 3. The maximum atomic E-state index is 11.7. The highest BCUT2D eigenvalue weighted by molar-refractivity contribution is 5.72. The van der Waals surface area contributed by atoms with Gasteiger partial charge in [-0.3, -0.25) is 0 Å². The van der Waals surface area contributed by atoms with E-state index >= 15 is 0 Å². The van der Waals surface area contributed by atoms with E-state index in [4.69, 9.17) is 4.74 Å². The summed E-state index contributed by atoms with van der Waals surface area (Å²) in [6.45, 7) is 2.86. The highest BCUT2D eigenvalue weighted by Gasteiger charge is 2.23. The third-order valence-corrected chi connectivity index (χ3v) is 3.60. The second-order valence-electron chi connectivity index (χ2n) is 5.00. The Bertz CT molecular complexity index is 457. The molecule has 1 amide bonds. The lowest BCUT2D eigenvalue weighted by atomic mass is 9.97. The second-order valence-corrected chi connectivity index (χ2v) is 5.00. The zero-order chi connectivity index (χ0) is 13.3. The Morgan fingerprint density at radius 3 is 2.78 bits per heavy atom. The van der Waals surface area contributed by atoms with Crippen molar-refractivity contribution < 1.29 is 9.53 Å². The van der Waals surface area contributed by atoms with Gasteiger partial charge >= 0.3 is 6.09 Å². The first-order valence-electron chi connectivity index (χ1n) is 6.22.